The monoisotopic (exact) mass is 921 g/mol. The van der Waals surface area contributed by atoms with Crippen molar-refractivity contribution in [2.24, 2.45) is 5.41 Å². The van der Waals surface area contributed by atoms with Gasteiger partial charge in [-0.1, -0.05) is 36.4 Å². The first-order valence-corrected chi connectivity index (χ1v) is 24.0. The Morgan fingerprint density at radius 2 is 1.64 bits per heavy atom. The topological polar surface area (TPSA) is 134 Å². The summed E-state index contributed by atoms with van der Waals surface area (Å²) in [6, 6.07) is 16.0. The first-order chi connectivity index (χ1) is 32.3. The standard InChI is InChI=1S/C51H61F2N7O7/c1-32-13-16-39-38(27-54-60(39)41-12-8-9-25-63-41)42(32)43-36(34-14-15-34)26-37-44(45(43)64-29-40(52)53)55-47(66-35-17-21-58(22-18-35)48(61)65-28-33-10-6-5-7-11-33)56-46(37)57-23-19-51(20-24-57)30-59(31-51)49(62)67-50(2,3)4/h5-7,10-11,13,16,26-27,34-35,40-41H,8-9,12,14-15,17-25,28-31H2,1-4H3. The van der Waals surface area contributed by atoms with E-state index >= 15 is 0 Å². The highest BCUT2D eigenvalue weighted by Gasteiger charge is 2.48. The van der Waals surface area contributed by atoms with Gasteiger partial charge in [0.25, 0.3) is 6.43 Å². The molecular formula is C51H61F2N7O7. The number of rotatable bonds is 11. The summed E-state index contributed by atoms with van der Waals surface area (Å²) in [4.78, 5) is 42.0. The fraction of sp³-hybridized carbons (Fsp3) is 0.549. The Morgan fingerprint density at radius 1 is 0.881 bits per heavy atom. The van der Waals surface area contributed by atoms with E-state index in [2.05, 4.69) is 23.1 Å². The van der Waals surface area contributed by atoms with Crippen LogP contribution in [-0.2, 0) is 20.8 Å². The summed E-state index contributed by atoms with van der Waals surface area (Å²) in [5, 5.41) is 6.47. The Bertz CT molecular complexity index is 2600. The van der Waals surface area contributed by atoms with Gasteiger partial charge < -0.3 is 38.4 Å². The van der Waals surface area contributed by atoms with Gasteiger partial charge in [0.05, 0.1) is 11.7 Å². The van der Waals surface area contributed by atoms with E-state index in [1.54, 1.807) is 9.80 Å². The van der Waals surface area contributed by atoms with Gasteiger partial charge in [0, 0.05) is 80.5 Å². The first kappa shape index (κ1) is 45.0. The summed E-state index contributed by atoms with van der Waals surface area (Å²) < 4.78 is 61.3. The number of ether oxygens (including phenoxy) is 5. The molecule has 3 aromatic carbocycles. The minimum absolute atomic E-state index is 0.0347. The molecule has 1 saturated carbocycles. The number of aryl methyl sites for hydroxylation is 1. The second-order valence-corrected chi connectivity index (χ2v) is 20.1. The molecule has 5 fully saturated rings. The van der Waals surface area contributed by atoms with Crippen LogP contribution in [0.4, 0.5) is 24.2 Å². The summed E-state index contributed by atoms with van der Waals surface area (Å²) in [5.74, 6) is 1.13. The molecule has 14 nitrogen and oxygen atoms in total. The number of hydrogen-bond acceptors (Lipinski definition) is 11. The zero-order valence-corrected chi connectivity index (χ0v) is 39.0. The average molecular weight is 922 g/mol. The zero-order valence-electron chi connectivity index (χ0n) is 39.0. The Balaban J connectivity index is 1.02. The number of benzene rings is 3. The molecule has 4 saturated heterocycles. The van der Waals surface area contributed by atoms with Gasteiger partial charge in [-0.2, -0.15) is 15.1 Å². The molecule has 5 aliphatic rings. The van der Waals surface area contributed by atoms with Crippen LogP contribution in [0.15, 0.2) is 54.7 Å². The summed E-state index contributed by atoms with van der Waals surface area (Å²) in [6.07, 6.45) is 5.45. The van der Waals surface area contributed by atoms with Crippen molar-refractivity contribution in [3.8, 4) is 22.9 Å². The van der Waals surface area contributed by atoms with Gasteiger partial charge in [0.1, 0.15) is 36.3 Å². The van der Waals surface area contributed by atoms with Crippen LogP contribution in [0.25, 0.3) is 32.9 Å². The summed E-state index contributed by atoms with van der Waals surface area (Å²) in [6.45, 7) is 11.1. The van der Waals surface area contributed by atoms with Crippen molar-refractivity contribution in [1.82, 2.24) is 29.5 Å². The molecule has 6 heterocycles. The van der Waals surface area contributed by atoms with E-state index in [0.717, 1.165) is 83.7 Å². The van der Waals surface area contributed by atoms with E-state index in [1.807, 2.05) is 68.9 Å². The van der Waals surface area contributed by atoms with Crippen LogP contribution < -0.4 is 14.4 Å². The third kappa shape index (κ3) is 9.55. The number of carbonyl (C=O) groups is 2. The molecule has 1 unspecified atom stereocenters. The highest BCUT2D eigenvalue weighted by atomic mass is 19.3. The molecule has 16 heteroatoms. The molecule has 356 valence electrons. The van der Waals surface area contributed by atoms with E-state index in [4.69, 9.17) is 38.8 Å². The maximum absolute atomic E-state index is 14.4. The van der Waals surface area contributed by atoms with Gasteiger partial charge in [0.2, 0.25) is 0 Å². The number of anilines is 1. The fourth-order valence-corrected chi connectivity index (χ4v) is 10.3. The summed E-state index contributed by atoms with van der Waals surface area (Å²) in [5.41, 5.74) is 5.21. The smallest absolute Gasteiger partial charge is 0.410 e. The number of hydrogen-bond donors (Lipinski definition) is 0. The number of alkyl halides is 2. The zero-order chi connectivity index (χ0) is 46.5. The van der Waals surface area contributed by atoms with Crippen LogP contribution in [0.5, 0.6) is 11.8 Å². The van der Waals surface area contributed by atoms with Crippen molar-refractivity contribution >= 4 is 39.8 Å². The first-order valence-electron chi connectivity index (χ1n) is 24.0. The van der Waals surface area contributed by atoms with Crippen LogP contribution in [-0.4, -0.2) is 112 Å². The molecule has 1 spiro atoms. The second kappa shape index (κ2) is 18.4. The van der Waals surface area contributed by atoms with Crippen LogP contribution in [0.2, 0.25) is 0 Å². The third-order valence-electron chi connectivity index (χ3n) is 14.0. The normalized spacial score (nSPS) is 20.1. The molecular weight excluding hydrogens is 861 g/mol. The number of aromatic nitrogens is 4. The van der Waals surface area contributed by atoms with Crippen molar-refractivity contribution in [2.45, 2.75) is 122 Å². The number of nitrogens with zero attached hydrogens (tertiary/aromatic N) is 7. The molecule has 0 radical (unpaired) electrons. The van der Waals surface area contributed by atoms with Crippen LogP contribution in [0.3, 0.4) is 0 Å². The number of fused-ring (bicyclic) bond motifs is 2. The molecule has 4 aliphatic heterocycles. The van der Waals surface area contributed by atoms with Gasteiger partial charge >= 0.3 is 18.2 Å². The number of carbonyl (C=O) groups excluding carboxylic acids is 2. The van der Waals surface area contributed by atoms with Crippen molar-refractivity contribution in [3.05, 3.63) is 71.4 Å². The van der Waals surface area contributed by atoms with Crippen molar-refractivity contribution in [2.75, 3.05) is 57.4 Å². The average Bonchev–Trinajstić information content (AvgIpc) is 4.07. The molecule has 0 bridgehead atoms. The highest BCUT2D eigenvalue weighted by Crippen LogP contribution is 2.53. The largest absolute Gasteiger partial charge is 0.485 e. The number of piperidine rings is 2. The molecule has 2 aromatic heterocycles. The molecule has 1 aliphatic carbocycles. The van der Waals surface area contributed by atoms with Crippen LogP contribution in [0, 0.1) is 12.3 Å². The van der Waals surface area contributed by atoms with Crippen molar-refractivity contribution < 1.29 is 42.1 Å². The number of amides is 2. The van der Waals surface area contributed by atoms with Crippen molar-refractivity contribution in [1.29, 1.82) is 0 Å². The van der Waals surface area contributed by atoms with E-state index < -0.39 is 18.6 Å². The lowest BCUT2D eigenvalue weighted by molar-refractivity contribution is -0.0434. The Hall–Kier alpha value is -5.77. The fourth-order valence-electron chi connectivity index (χ4n) is 10.3. The van der Waals surface area contributed by atoms with E-state index in [-0.39, 0.29) is 54.2 Å². The molecule has 10 rings (SSSR count). The van der Waals surface area contributed by atoms with E-state index in [9.17, 15) is 18.4 Å². The third-order valence-corrected chi connectivity index (χ3v) is 14.0. The molecule has 2 amide bonds. The lowest BCUT2D eigenvalue weighted by Crippen LogP contribution is -2.62. The number of halogens is 2. The summed E-state index contributed by atoms with van der Waals surface area (Å²) in [7, 11) is 0. The van der Waals surface area contributed by atoms with Crippen LogP contribution >= 0.6 is 0 Å². The lowest BCUT2D eigenvalue weighted by Gasteiger charge is -2.53. The Kier molecular flexibility index (Phi) is 12.4. The maximum Gasteiger partial charge on any atom is 0.410 e. The number of likely N-dealkylation sites (tertiary alicyclic amines) is 2. The molecule has 67 heavy (non-hydrogen) atoms. The minimum Gasteiger partial charge on any atom is -0.485 e. The predicted octanol–water partition coefficient (Wildman–Crippen LogP) is 10.2. The maximum atomic E-state index is 14.4. The van der Waals surface area contributed by atoms with Gasteiger partial charge in [-0.25, -0.2) is 23.1 Å². The van der Waals surface area contributed by atoms with E-state index in [0.29, 0.717) is 75.4 Å². The Labute approximate surface area is 389 Å². The minimum atomic E-state index is -2.74. The van der Waals surface area contributed by atoms with Crippen LogP contribution in [0.1, 0.15) is 107 Å². The van der Waals surface area contributed by atoms with E-state index in [1.165, 1.54) is 0 Å². The SMILES string of the molecule is Cc1ccc2c(cnn2C2CCCCO2)c1-c1c(C2CC2)cc2c(N3CCC4(CC3)CN(C(=O)OC(C)(C)C)C4)nc(OC3CCN(C(=O)OCc4ccccc4)CC3)nc2c1OCC(F)F. The van der Waals surface area contributed by atoms with Gasteiger partial charge in [0.15, 0.2) is 12.0 Å². The lowest BCUT2D eigenvalue weighted by atomic mass is 9.72. The summed E-state index contributed by atoms with van der Waals surface area (Å²) >= 11 is 0. The quantitative estimate of drug-likeness (QED) is 0.125. The Morgan fingerprint density at radius 3 is 2.33 bits per heavy atom. The van der Waals surface area contributed by atoms with Gasteiger partial charge in [-0.15, -0.1) is 0 Å². The molecule has 0 N–H and O–H groups in total. The van der Waals surface area contributed by atoms with Gasteiger partial charge in [-0.05, 0) is 113 Å². The highest BCUT2D eigenvalue weighted by molar-refractivity contribution is 6.06. The van der Waals surface area contributed by atoms with Crippen molar-refractivity contribution in [3.63, 3.8) is 0 Å². The molecule has 1 atom stereocenters. The molecule has 5 aromatic rings. The van der Waals surface area contributed by atoms with Gasteiger partial charge in [-0.3, -0.25) is 0 Å². The second-order valence-electron chi connectivity index (χ2n) is 20.1. The predicted molar refractivity (Wildman–Crippen MR) is 249 cm³/mol.